The summed E-state index contributed by atoms with van der Waals surface area (Å²) in [5.74, 6) is 0. The summed E-state index contributed by atoms with van der Waals surface area (Å²) in [5, 5.41) is 0.903. The highest BCUT2D eigenvalue weighted by atomic mass is 32.1. The molecular weight excluding hydrogens is 290 g/mol. The van der Waals surface area contributed by atoms with Crippen molar-refractivity contribution in [3.63, 3.8) is 0 Å². The smallest absolute Gasteiger partial charge is 0.209 e. The number of anilines is 1. The van der Waals surface area contributed by atoms with Crippen molar-refractivity contribution >= 4 is 28.4 Å². The molecule has 0 radical (unpaired) electrons. The predicted molar refractivity (Wildman–Crippen MR) is 96.0 cm³/mol. The second kappa shape index (κ2) is 7.05. The summed E-state index contributed by atoms with van der Waals surface area (Å²) >= 11 is 1.75. The van der Waals surface area contributed by atoms with Crippen LogP contribution in [0.3, 0.4) is 0 Å². The van der Waals surface area contributed by atoms with Gasteiger partial charge in [-0.1, -0.05) is 23.5 Å². The molecule has 1 heterocycles. The zero-order valence-electron chi connectivity index (χ0n) is 13.4. The van der Waals surface area contributed by atoms with Crippen molar-refractivity contribution in [2.45, 2.75) is 39.5 Å². The minimum absolute atomic E-state index is 0.903. The molecule has 0 atom stereocenters. The average Bonchev–Trinajstić information content (AvgIpc) is 2.98. The Morgan fingerprint density at radius 3 is 2.55 bits per heavy atom. The van der Waals surface area contributed by atoms with Crippen LogP contribution in [-0.4, -0.2) is 24.3 Å². The van der Waals surface area contributed by atoms with Crippen molar-refractivity contribution in [2.24, 2.45) is 4.99 Å². The predicted octanol–water partition coefficient (Wildman–Crippen LogP) is 4.62. The molecule has 116 valence electrons. The maximum Gasteiger partial charge on any atom is 0.209 e. The van der Waals surface area contributed by atoms with E-state index in [0.29, 0.717) is 0 Å². The minimum Gasteiger partial charge on any atom is -0.372 e. The van der Waals surface area contributed by atoms with Gasteiger partial charge in [0, 0.05) is 29.9 Å². The highest BCUT2D eigenvalue weighted by Gasteiger charge is 2.14. The number of fused-ring (bicyclic) bond motifs is 1. The van der Waals surface area contributed by atoms with Gasteiger partial charge in [0.05, 0.1) is 5.69 Å². The van der Waals surface area contributed by atoms with E-state index in [-0.39, 0.29) is 0 Å². The Morgan fingerprint density at radius 1 is 1.14 bits per heavy atom. The summed E-state index contributed by atoms with van der Waals surface area (Å²) in [6, 6.07) is 8.60. The number of thiazole rings is 1. The quantitative estimate of drug-likeness (QED) is 0.754. The number of hydrogen-bond acceptors (Lipinski definition) is 4. The molecule has 0 fully saturated rings. The summed E-state index contributed by atoms with van der Waals surface area (Å²) in [7, 11) is 0. The summed E-state index contributed by atoms with van der Waals surface area (Å²) in [6.45, 7) is 6.44. The maximum absolute atomic E-state index is 4.65. The third-order valence-electron chi connectivity index (χ3n) is 4.18. The third kappa shape index (κ3) is 3.38. The molecule has 1 aromatic heterocycles. The Morgan fingerprint density at radius 2 is 1.86 bits per heavy atom. The van der Waals surface area contributed by atoms with E-state index in [9.17, 15) is 0 Å². The van der Waals surface area contributed by atoms with Crippen LogP contribution in [0.1, 0.15) is 42.8 Å². The monoisotopic (exact) mass is 313 g/mol. The van der Waals surface area contributed by atoms with Gasteiger partial charge in [-0.05, 0) is 57.2 Å². The van der Waals surface area contributed by atoms with Crippen LogP contribution in [0.25, 0.3) is 0 Å². The van der Waals surface area contributed by atoms with Crippen molar-refractivity contribution < 1.29 is 0 Å². The molecule has 0 spiro atoms. The maximum atomic E-state index is 4.65. The largest absolute Gasteiger partial charge is 0.372 e. The van der Waals surface area contributed by atoms with E-state index in [0.717, 1.165) is 30.2 Å². The van der Waals surface area contributed by atoms with Gasteiger partial charge in [0.2, 0.25) is 5.13 Å². The number of aliphatic imine (C=N–C) groups is 1. The Balaban J connectivity index is 1.71. The molecule has 1 aliphatic rings. The van der Waals surface area contributed by atoms with Crippen molar-refractivity contribution in [1.82, 2.24) is 4.98 Å². The van der Waals surface area contributed by atoms with Gasteiger partial charge in [-0.25, -0.2) is 9.98 Å². The fourth-order valence-corrected chi connectivity index (χ4v) is 3.88. The van der Waals surface area contributed by atoms with E-state index in [1.165, 1.54) is 35.5 Å². The molecule has 1 aromatic carbocycles. The first-order valence-corrected chi connectivity index (χ1v) is 8.99. The number of nitrogens with zero attached hydrogens (tertiary/aromatic N) is 3. The van der Waals surface area contributed by atoms with Crippen LogP contribution in [-0.2, 0) is 12.8 Å². The van der Waals surface area contributed by atoms with Crippen LogP contribution in [0.2, 0.25) is 0 Å². The lowest BCUT2D eigenvalue weighted by Crippen LogP contribution is -2.21. The number of benzene rings is 1. The fraction of sp³-hybridized carbons (Fsp3) is 0.444. The normalized spacial score (nSPS) is 14.3. The van der Waals surface area contributed by atoms with E-state index in [2.05, 4.69) is 53.0 Å². The number of aryl methyl sites for hydroxylation is 2. The lowest BCUT2D eigenvalue weighted by molar-refractivity contribution is 0.682. The molecule has 1 aliphatic carbocycles. The average molecular weight is 313 g/mol. The zero-order chi connectivity index (χ0) is 15.4. The van der Waals surface area contributed by atoms with E-state index in [4.69, 9.17) is 0 Å². The minimum atomic E-state index is 0.903. The molecule has 2 aromatic rings. The van der Waals surface area contributed by atoms with Gasteiger partial charge < -0.3 is 4.90 Å². The van der Waals surface area contributed by atoms with E-state index < -0.39 is 0 Å². The van der Waals surface area contributed by atoms with Gasteiger partial charge in [-0.15, -0.1) is 0 Å². The molecule has 0 bridgehead atoms. The van der Waals surface area contributed by atoms with Crippen LogP contribution in [0.5, 0.6) is 0 Å². The van der Waals surface area contributed by atoms with Crippen LogP contribution in [0.15, 0.2) is 29.3 Å². The van der Waals surface area contributed by atoms with Gasteiger partial charge in [0.1, 0.15) is 0 Å². The number of hydrogen-bond donors (Lipinski definition) is 0. The molecule has 0 saturated carbocycles. The van der Waals surface area contributed by atoms with Gasteiger partial charge in [0.25, 0.3) is 0 Å². The second-order valence-electron chi connectivity index (χ2n) is 5.60. The van der Waals surface area contributed by atoms with E-state index in [1.54, 1.807) is 11.3 Å². The van der Waals surface area contributed by atoms with Gasteiger partial charge in [0.15, 0.2) is 0 Å². The molecule has 3 nitrogen and oxygen atoms in total. The van der Waals surface area contributed by atoms with Crippen LogP contribution in [0, 0.1) is 0 Å². The van der Waals surface area contributed by atoms with Gasteiger partial charge in [-0.3, -0.25) is 0 Å². The molecule has 0 amide bonds. The summed E-state index contributed by atoms with van der Waals surface area (Å²) in [5.41, 5.74) is 3.68. The standard InChI is InChI=1S/C18H23N3S/c1-3-21(4-2)15-11-9-14(10-12-15)13-19-18-20-16-7-5-6-8-17(16)22-18/h9-13H,3-8H2,1-2H3. The Labute approximate surface area is 136 Å². The Bertz CT molecular complexity index is 615. The molecule has 0 N–H and O–H groups in total. The molecule has 0 aliphatic heterocycles. The first kappa shape index (κ1) is 15.2. The van der Waals surface area contributed by atoms with Crippen LogP contribution in [0.4, 0.5) is 10.8 Å². The topological polar surface area (TPSA) is 28.5 Å². The van der Waals surface area contributed by atoms with Gasteiger partial charge >= 0.3 is 0 Å². The van der Waals surface area contributed by atoms with E-state index >= 15 is 0 Å². The highest BCUT2D eigenvalue weighted by molar-refractivity contribution is 7.15. The van der Waals surface area contributed by atoms with Crippen molar-refractivity contribution in [3.8, 4) is 0 Å². The first-order valence-electron chi connectivity index (χ1n) is 8.17. The second-order valence-corrected chi connectivity index (χ2v) is 6.66. The molecule has 0 unspecified atom stereocenters. The van der Waals surface area contributed by atoms with Crippen molar-refractivity contribution in [3.05, 3.63) is 40.4 Å². The summed E-state index contributed by atoms with van der Waals surface area (Å²) in [6.07, 6.45) is 6.80. The first-order chi connectivity index (χ1) is 10.8. The SMILES string of the molecule is CCN(CC)c1ccc(C=Nc2nc3c(s2)CCCC3)cc1. The third-order valence-corrected chi connectivity index (χ3v) is 5.25. The zero-order valence-corrected chi connectivity index (χ0v) is 14.2. The molecule has 3 rings (SSSR count). The molecule has 22 heavy (non-hydrogen) atoms. The molecule has 4 heteroatoms. The molecule has 0 saturated heterocycles. The number of aromatic nitrogens is 1. The molecular formula is C18H23N3S. The van der Waals surface area contributed by atoms with E-state index in [1.807, 2.05) is 6.21 Å². The van der Waals surface area contributed by atoms with Crippen LogP contribution < -0.4 is 4.90 Å². The lowest BCUT2D eigenvalue weighted by atomic mass is 10.0. The Hall–Kier alpha value is -1.68. The van der Waals surface area contributed by atoms with Gasteiger partial charge in [-0.2, -0.15) is 0 Å². The lowest BCUT2D eigenvalue weighted by Gasteiger charge is -2.20. The highest BCUT2D eigenvalue weighted by Crippen LogP contribution is 2.31. The van der Waals surface area contributed by atoms with Crippen molar-refractivity contribution in [1.29, 1.82) is 0 Å². The summed E-state index contributed by atoms with van der Waals surface area (Å²) in [4.78, 5) is 13.0. The summed E-state index contributed by atoms with van der Waals surface area (Å²) < 4.78 is 0. The Kier molecular flexibility index (Phi) is 4.88. The number of rotatable bonds is 5. The van der Waals surface area contributed by atoms with Crippen LogP contribution >= 0.6 is 11.3 Å². The fourth-order valence-electron chi connectivity index (χ4n) is 2.88. The van der Waals surface area contributed by atoms with Crippen molar-refractivity contribution in [2.75, 3.05) is 18.0 Å².